The molecule has 1 aromatic rings. The van der Waals surface area contributed by atoms with Gasteiger partial charge in [0.2, 0.25) is 10.0 Å². The first-order valence-corrected chi connectivity index (χ1v) is 9.46. The van der Waals surface area contributed by atoms with Gasteiger partial charge in [0.1, 0.15) is 0 Å². The fourth-order valence-electron chi connectivity index (χ4n) is 2.67. The van der Waals surface area contributed by atoms with Crippen molar-refractivity contribution in [2.45, 2.75) is 43.9 Å². The SMILES string of the molecule is CCN(CC)C[C@@H]1OCC(NS(=O)(=O)c2ccc(C)cc2)[C@H]1O. The van der Waals surface area contributed by atoms with Crippen LogP contribution in [0.25, 0.3) is 0 Å². The number of rotatable bonds is 7. The number of aryl methyl sites for hydroxylation is 1. The van der Waals surface area contributed by atoms with Crippen molar-refractivity contribution in [1.29, 1.82) is 0 Å². The van der Waals surface area contributed by atoms with E-state index in [4.69, 9.17) is 4.74 Å². The lowest BCUT2D eigenvalue weighted by Crippen LogP contribution is -2.46. The van der Waals surface area contributed by atoms with Crippen LogP contribution in [0.2, 0.25) is 0 Å². The molecule has 0 bridgehead atoms. The molecule has 1 fully saturated rings. The number of hydrogen-bond donors (Lipinski definition) is 2. The van der Waals surface area contributed by atoms with Crippen molar-refractivity contribution < 1.29 is 18.3 Å². The predicted molar refractivity (Wildman–Crippen MR) is 88.8 cm³/mol. The molecule has 0 radical (unpaired) electrons. The predicted octanol–water partition coefficient (Wildman–Crippen LogP) is 0.743. The largest absolute Gasteiger partial charge is 0.389 e. The standard InChI is InChI=1S/C16H26N2O4S/c1-4-18(5-2)10-15-16(19)14(11-22-15)17-23(20,21)13-8-6-12(3)7-9-13/h6-9,14-17,19H,4-5,10-11H2,1-3H3/t14?,15-,16+/m0/s1. The van der Waals surface area contributed by atoms with Crippen LogP contribution < -0.4 is 4.72 Å². The minimum atomic E-state index is -3.66. The Hall–Kier alpha value is -0.990. The second kappa shape index (κ2) is 7.72. The van der Waals surface area contributed by atoms with Crippen LogP contribution >= 0.6 is 0 Å². The van der Waals surface area contributed by atoms with Crippen molar-refractivity contribution in [3.63, 3.8) is 0 Å². The molecule has 23 heavy (non-hydrogen) atoms. The van der Waals surface area contributed by atoms with Gasteiger partial charge < -0.3 is 14.7 Å². The molecule has 0 aromatic heterocycles. The van der Waals surface area contributed by atoms with E-state index in [1.165, 1.54) is 0 Å². The van der Waals surface area contributed by atoms with Gasteiger partial charge in [-0.1, -0.05) is 31.5 Å². The Morgan fingerprint density at radius 3 is 2.43 bits per heavy atom. The third-order valence-electron chi connectivity index (χ3n) is 4.25. The number of nitrogens with one attached hydrogen (secondary N) is 1. The van der Waals surface area contributed by atoms with Gasteiger partial charge in [-0.3, -0.25) is 0 Å². The molecule has 1 heterocycles. The van der Waals surface area contributed by atoms with Crippen LogP contribution in [0, 0.1) is 6.92 Å². The third-order valence-corrected chi connectivity index (χ3v) is 5.76. The summed E-state index contributed by atoms with van der Waals surface area (Å²) in [5.74, 6) is 0. The Morgan fingerprint density at radius 1 is 1.26 bits per heavy atom. The maximum absolute atomic E-state index is 12.4. The molecule has 0 amide bonds. The molecule has 2 rings (SSSR count). The highest BCUT2D eigenvalue weighted by molar-refractivity contribution is 7.89. The molecule has 6 nitrogen and oxygen atoms in total. The number of nitrogens with zero attached hydrogens (tertiary/aromatic N) is 1. The summed E-state index contributed by atoms with van der Waals surface area (Å²) in [6.45, 7) is 8.49. The van der Waals surface area contributed by atoms with Crippen molar-refractivity contribution in [3.05, 3.63) is 29.8 Å². The van der Waals surface area contributed by atoms with E-state index in [2.05, 4.69) is 9.62 Å². The first-order chi connectivity index (χ1) is 10.9. The zero-order valence-electron chi connectivity index (χ0n) is 13.9. The summed E-state index contributed by atoms with van der Waals surface area (Å²) in [6.07, 6.45) is -1.23. The Labute approximate surface area is 138 Å². The molecule has 3 atom stereocenters. The molecular weight excluding hydrogens is 316 g/mol. The molecule has 1 aliphatic rings. The Bertz CT molecular complexity index is 599. The van der Waals surface area contributed by atoms with Crippen LogP contribution in [0.15, 0.2) is 29.2 Å². The van der Waals surface area contributed by atoms with E-state index < -0.39 is 22.2 Å². The Balaban J connectivity index is 2.02. The van der Waals surface area contributed by atoms with Gasteiger partial charge in [-0.2, -0.15) is 0 Å². The number of hydrogen-bond acceptors (Lipinski definition) is 5. The van der Waals surface area contributed by atoms with Gasteiger partial charge >= 0.3 is 0 Å². The van der Waals surface area contributed by atoms with E-state index in [9.17, 15) is 13.5 Å². The molecule has 2 N–H and O–H groups in total. The van der Waals surface area contributed by atoms with E-state index in [0.29, 0.717) is 6.54 Å². The zero-order chi connectivity index (χ0) is 17.0. The molecule has 0 aliphatic carbocycles. The van der Waals surface area contributed by atoms with Crippen molar-refractivity contribution in [3.8, 4) is 0 Å². The van der Waals surface area contributed by atoms with E-state index >= 15 is 0 Å². The fraction of sp³-hybridized carbons (Fsp3) is 0.625. The second-order valence-corrected chi connectivity index (χ2v) is 7.60. The highest BCUT2D eigenvalue weighted by Gasteiger charge is 2.38. The lowest BCUT2D eigenvalue weighted by Gasteiger charge is -2.24. The highest BCUT2D eigenvalue weighted by atomic mass is 32.2. The minimum Gasteiger partial charge on any atom is -0.389 e. The highest BCUT2D eigenvalue weighted by Crippen LogP contribution is 2.19. The van der Waals surface area contributed by atoms with Gasteiger partial charge in [0.15, 0.2) is 0 Å². The Kier molecular flexibility index (Phi) is 6.16. The van der Waals surface area contributed by atoms with Gasteiger partial charge in [0.05, 0.1) is 29.8 Å². The third kappa shape index (κ3) is 4.51. The van der Waals surface area contributed by atoms with Crippen LogP contribution in [0.4, 0.5) is 0 Å². The van der Waals surface area contributed by atoms with E-state index in [1.807, 2.05) is 20.8 Å². The quantitative estimate of drug-likeness (QED) is 0.764. The molecule has 7 heteroatoms. The average Bonchev–Trinajstić information content (AvgIpc) is 2.85. The first kappa shape index (κ1) is 18.4. The second-order valence-electron chi connectivity index (χ2n) is 5.89. The molecule has 1 saturated heterocycles. The molecule has 0 spiro atoms. The lowest BCUT2D eigenvalue weighted by atomic mass is 10.1. The lowest BCUT2D eigenvalue weighted by molar-refractivity contribution is 0.0175. The maximum Gasteiger partial charge on any atom is 0.240 e. The number of aliphatic hydroxyl groups is 1. The van der Waals surface area contributed by atoms with Crippen molar-refractivity contribution in [1.82, 2.24) is 9.62 Å². The fourth-order valence-corrected chi connectivity index (χ4v) is 3.91. The molecule has 1 aromatic carbocycles. The summed E-state index contributed by atoms with van der Waals surface area (Å²) >= 11 is 0. The normalized spacial score (nSPS) is 25.2. The topological polar surface area (TPSA) is 78.9 Å². The summed E-state index contributed by atoms with van der Waals surface area (Å²) in [5.41, 5.74) is 0.993. The monoisotopic (exact) mass is 342 g/mol. The van der Waals surface area contributed by atoms with E-state index in [1.54, 1.807) is 24.3 Å². The molecule has 0 saturated carbocycles. The van der Waals surface area contributed by atoms with Crippen LogP contribution in [0.3, 0.4) is 0 Å². The maximum atomic E-state index is 12.4. The smallest absolute Gasteiger partial charge is 0.240 e. The summed E-state index contributed by atoms with van der Waals surface area (Å²) < 4.78 is 32.9. The van der Waals surface area contributed by atoms with Gasteiger partial charge in [-0.15, -0.1) is 0 Å². The zero-order valence-corrected chi connectivity index (χ0v) is 14.7. The number of likely N-dealkylation sites (N-methyl/N-ethyl adjacent to an activating group) is 1. The van der Waals surface area contributed by atoms with E-state index in [0.717, 1.165) is 18.7 Å². The molecule has 1 unspecified atom stereocenters. The van der Waals surface area contributed by atoms with Crippen LogP contribution in [-0.2, 0) is 14.8 Å². The Morgan fingerprint density at radius 2 is 1.87 bits per heavy atom. The minimum absolute atomic E-state index is 0.179. The van der Waals surface area contributed by atoms with Gasteiger partial charge in [-0.05, 0) is 32.1 Å². The van der Waals surface area contributed by atoms with Crippen molar-refractivity contribution in [2.24, 2.45) is 0 Å². The summed E-state index contributed by atoms with van der Waals surface area (Å²) in [6, 6.07) is 6.00. The van der Waals surface area contributed by atoms with Crippen LogP contribution in [0.1, 0.15) is 19.4 Å². The average molecular weight is 342 g/mol. The summed E-state index contributed by atoms with van der Waals surface area (Å²) in [4.78, 5) is 2.34. The van der Waals surface area contributed by atoms with Crippen LogP contribution in [-0.4, -0.2) is 62.9 Å². The summed E-state index contributed by atoms with van der Waals surface area (Å²) in [5, 5.41) is 10.4. The van der Waals surface area contributed by atoms with Crippen LogP contribution in [0.5, 0.6) is 0 Å². The molecular formula is C16H26N2O4S. The van der Waals surface area contributed by atoms with Crippen molar-refractivity contribution >= 4 is 10.0 Å². The van der Waals surface area contributed by atoms with Gasteiger partial charge in [0, 0.05) is 6.54 Å². The van der Waals surface area contributed by atoms with E-state index in [-0.39, 0.29) is 17.6 Å². The molecule has 130 valence electrons. The number of ether oxygens (including phenoxy) is 1. The van der Waals surface area contributed by atoms with Gasteiger partial charge in [0.25, 0.3) is 0 Å². The van der Waals surface area contributed by atoms with Crippen molar-refractivity contribution in [2.75, 3.05) is 26.2 Å². The number of sulfonamides is 1. The number of aliphatic hydroxyl groups excluding tert-OH is 1. The first-order valence-electron chi connectivity index (χ1n) is 7.98. The van der Waals surface area contributed by atoms with Gasteiger partial charge in [-0.25, -0.2) is 13.1 Å². The number of benzene rings is 1. The molecule has 1 aliphatic heterocycles. The summed E-state index contributed by atoms with van der Waals surface area (Å²) in [7, 11) is -3.66.